The Morgan fingerprint density at radius 1 is 0.913 bits per heavy atom. The van der Waals surface area contributed by atoms with Crippen LogP contribution in [0.5, 0.6) is 11.6 Å². The van der Waals surface area contributed by atoms with Crippen molar-refractivity contribution < 1.29 is 4.74 Å². The van der Waals surface area contributed by atoms with Gasteiger partial charge in [-0.25, -0.2) is 4.98 Å². The molecule has 0 aliphatic carbocycles. The van der Waals surface area contributed by atoms with Gasteiger partial charge >= 0.3 is 0 Å². The first-order chi connectivity index (χ1) is 11.3. The molecule has 112 valence electrons. The number of fused-ring (bicyclic) bond motifs is 1. The van der Waals surface area contributed by atoms with Gasteiger partial charge in [-0.3, -0.25) is 9.97 Å². The van der Waals surface area contributed by atoms with Crippen LogP contribution in [-0.4, -0.2) is 24.6 Å². The lowest BCUT2D eigenvalue weighted by atomic mass is 10.2. The van der Waals surface area contributed by atoms with Crippen LogP contribution < -0.4 is 4.74 Å². The molecule has 4 heterocycles. The van der Waals surface area contributed by atoms with Gasteiger partial charge < -0.3 is 4.74 Å². The summed E-state index contributed by atoms with van der Waals surface area (Å²) in [5, 5.41) is 4.26. The lowest BCUT2D eigenvalue weighted by molar-refractivity contribution is 0.446. The van der Waals surface area contributed by atoms with E-state index in [1.54, 1.807) is 35.2 Å². The second kappa shape index (κ2) is 5.49. The third kappa shape index (κ3) is 2.62. The second-order valence-corrected chi connectivity index (χ2v) is 5.03. The summed E-state index contributed by atoms with van der Waals surface area (Å²) in [6.45, 7) is 1.95. The molecule has 0 radical (unpaired) electrons. The zero-order chi connectivity index (χ0) is 15.6. The monoisotopic (exact) mass is 303 g/mol. The lowest BCUT2D eigenvalue weighted by Crippen LogP contribution is -2.00. The Morgan fingerprint density at radius 3 is 2.61 bits per heavy atom. The fourth-order valence-electron chi connectivity index (χ4n) is 2.30. The zero-order valence-electron chi connectivity index (χ0n) is 12.4. The first-order valence-electron chi connectivity index (χ1n) is 7.16. The third-order valence-electron chi connectivity index (χ3n) is 3.35. The Morgan fingerprint density at radius 2 is 1.78 bits per heavy atom. The van der Waals surface area contributed by atoms with E-state index >= 15 is 0 Å². The molecule has 0 aromatic carbocycles. The number of aryl methyl sites for hydroxylation is 1. The van der Waals surface area contributed by atoms with Crippen LogP contribution >= 0.6 is 0 Å². The minimum absolute atomic E-state index is 0.574. The lowest BCUT2D eigenvalue weighted by Gasteiger charge is -2.09. The Bertz CT molecular complexity index is 965. The standard InChI is InChI=1S/C17H13N5O/c1-12-3-2-4-14(20-12)15-11-17(22-16(21-15)7-10-19-22)23-13-5-8-18-9-6-13/h2-11H,1H3. The predicted molar refractivity (Wildman–Crippen MR) is 85.3 cm³/mol. The molecule has 0 saturated heterocycles. The highest BCUT2D eigenvalue weighted by atomic mass is 16.5. The molecule has 0 aliphatic heterocycles. The molecular weight excluding hydrogens is 290 g/mol. The fraction of sp³-hybridized carbons (Fsp3) is 0.0588. The maximum atomic E-state index is 5.94. The van der Waals surface area contributed by atoms with E-state index in [2.05, 4.69) is 20.1 Å². The van der Waals surface area contributed by atoms with E-state index in [9.17, 15) is 0 Å². The average Bonchev–Trinajstić information content (AvgIpc) is 3.05. The highest BCUT2D eigenvalue weighted by Crippen LogP contribution is 2.26. The summed E-state index contributed by atoms with van der Waals surface area (Å²) in [5.74, 6) is 1.26. The zero-order valence-corrected chi connectivity index (χ0v) is 12.4. The molecule has 0 N–H and O–H groups in total. The van der Waals surface area contributed by atoms with Crippen molar-refractivity contribution in [3.8, 4) is 23.0 Å². The Kier molecular flexibility index (Phi) is 3.20. The maximum absolute atomic E-state index is 5.94. The van der Waals surface area contributed by atoms with Gasteiger partial charge in [0.05, 0.1) is 17.6 Å². The van der Waals surface area contributed by atoms with Gasteiger partial charge in [-0.15, -0.1) is 0 Å². The van der Waals surface area contributed by atoms with E-state index < -0.39 is 0 Å². The molecule has 6 nitrogen and oxygen atoms in total. The molecule has 0 unspecified atom stereocenters. The van der Waals surface area contributed by atoms with Crippen molar-refractivity contribution in [1.82, 2.24) is 24.6 Å². The van der Waals surface area contributed by atoms with Crippen LogP contribution in [0.2, 0.25) is 0 Å². The summed E-state index contributed by atoms with van der Waals surface area (Å²) in [7, 11) is 0. The first-order valence-corrected chi connectivity index (χ1v) is 7.16. The van der Waals surface area contributed by atoms with Gasteiger partial charge in [-0.2, -0.15) is 9.61 Å². The van der Waals surface area contributed by atoms with Gasteiger partial charge in [0.1, 0.15) is 5.75 Å². The van der Waals surface area contributed by atoms with Crippen molar-refractivity contribution in [1.29, 1.82) is 0 Å². The topological polar surface area (TPSA) is 65.2 Å². The molecule has 4 rings (SSSR count). The van der Waals surface area contributed by atoms with E-state index in [1.807, 2.05) is 37.3 Å². The van der Waals surface area contributed by atoms with E-state index in [1.165, 1.54) is 0 Å². The number of aromatic nitrogens is 5. The molecule has 6 heteroatoms. The van der Waals surface area contributed by atoms with E-state index in [0.29, 0.717) is 17.3 Å². The number of rotatable bonds is 3. The first kappa shape index (κ1) is 13.4. The number of nitrogens with zero attached hydrogens (tertiary/aromatic N) is 5. The van der Waals surface area contributed by atoms with Gasteiger partial charge in [0.15, 0.2) is 5.65 Å². The van der Waals surface area contributed by atoms with Crippen molar-refractivity contribution in [2.75, 3.05) is 0 Å². The van der Waals surface area contributed by atoms with Crippen molar-refractivity contribution in [3.63, 3.8) is 0 Å². The van der Waals surface area contributed by atoms with Crippen LogP contribution in [0.15, 0.2) is 61.1 Å². The molecule has 0 aliphatic rings. The van der Waals surface area contributed by atoms with Crippen LogP contribution in [0.3, 0.4) is 0 Å². The normalized spacial score (nSPS) is 10.8. The van der Waals surface area contributed by atoms with E-state index in [0.717, 1.165) is 17.1 Å². The summed E-state index contributed by atoms with van der Waals surface area (Å²) in [4.78, 5) is 13.1. The molecule has 0 atom stereocenters. The molecule has 4 aromatic heterocycles. The number of hydrogen-bond donors (Lipinski definition) is 0. The highest BCUT2D eigenvalue weighted by Gasteiger charge is 2.11. The van der Waals surface area contributed by atoms with Crippen molar-refractivity contribution >= 4 is 5.65 Å². The molecule has 4 aromatic rings. The molecule has 0 bridgehead atoms. The predicted octanol–water partition coefficient (Wildman–Crippen LogP) is 3.29. The Balaban J connectivity index is 1.84. The number of hydrogen-bond acceptors (Lipinski definition) is 5. The van der Waals surface area contributed by atoms with E-state index in [-0.39, 0.29) is 0 Å². The molecular formula is C17H13N5O. The largest absolute Gasteiger partial charge is 0.439 e. The van der Waals surface area contributed by atoms with Gasteiger partial charge in [0, 0.05) is 30.2 Å². The van der Waals surface area contributed by atoms with Gasteiger partial charge in [0.2, 0.25) is 5.88 Å². The summed E-state index contributed by atoms with van der Waals surface area (Å²) >= 11 is 0. The van der Waals surface area contributed by atoms with Gasteiger partial charge in [-0.05, 0) is 31.2 Å². The molecule has 0 saturated carbocycles. The summed E-state index contributed by atoms with van der Waals surface area (Å²) < 4.78 is 7.59. The third-order valence-corrected chi connectivity index (χ3v) is 3.35. The van der Waals surface area contributed by atoms with Gasteiger partial charge in [-0.1, -0.05) is 6.07 Å². The van der Waals surface area contributed by atoms with Crippen molar-refractivity contribution in [3.05, 3.63) is 66.7 Å². The van der Waals surface area contributed by atoms with Crippen LogP contribution in [-0.2, 0) is 0 Å². The van der Waals surface area contributed by atoms with E-state index in [4.69, 9.17) is 4.74 Å². The Labute approximate surface area is 132 Å². The highest BCUT2D eigenvalue weighted by molar-refractivity contribution is 5.60. The summed E-state index contributed by atoms with van der Waals surface area (Å²) in [6.07, 6.45) is 5.05. The molecule has 0 fully saturated rings. The quantitative estimate of drug-likeness (QED) is 0.581. The fourth-order valence-corrected chi connectivity index (χ4v) is 2.30. The number of ether oxygens (including phenoxy) is 1. The van der Waals surface area contributed by atoms with Crippen molar-refractivity contribution in [2.45, 2.75) is 6.92 Å². The molecule has 23 heavy (non-hydrogen) atoms. The minimum Gasteiger partial charge on any atom is -0.439 e. The second-order valence-electron chi connectivity index (χ2n) is 5.03. The maximum Gasteiger partial charge on any atom is 0.224 e. The van der Waals surface area contributed by atoms with Gasteiger partial charge in [0.25, 0.3) is 0 Å². The number of pyridine rings is 2. The van der Waals surface area contributed by atoms with Crippen molar-refractivity contribution in [2.24, 2.45) is 0 Å². The summed E-state index contributed by atoms with van der Waals surface area (Å²) in [6, 6.07) is 13.1. The Hall–Kier alpha value is -3.28. The van der Waals surface area contributed by atoms with Crippen LogP contribution in [0.4, 0.5) is 0 Å². The minimum atomic E-state index is 0.574. The SMILES string of the molecule is Cc1cccc(-c2cc(Oc3ccncc3)n3nccc3n2)n1. The molecule has 0 spiro atoms. The van der Waals surface area contributed by atoms with Crippen LogP contribution in [0.1, 0.15) is 5.69 Å². The average molecular weight is 303 g/mol. The van der Waals surface area contributed by atoms with Crippen LogP contribution in [0, 0.1) is 6.92 Å². The van der Waals surface area contributed by atoms with Crippen LogP contribution in [0.25, 0.3) is 17.0 Å². The molecule has 0 amide bonds. The smallest absolute Gasteiger partial charge is 0.224 e. The summed E-state index contributed by atoms with van der Waals surface area (Å²) in [5.41, 5.74) is 3.18.